The number of hydrogen-bond donors (Lipinski definition) is 1. The highest BCUT2D eigenvalue weighted by atomic mass is 16.1. The summed E-state index contributed by atoms with van der Waals surface area (Å²) < 4.78 is 0. The van der Waals surface area contributed by atoms with Crippen LogP contribution in [0.3, 0.4) is 0 Å². The molecular weight excluding hydrogens is 266 g/mol. The quantitative estimate of drug-likeness (QED) is 0.796. The van der Waals surface area contributed by atoms with Crippen molar-refractivity contribution in [2.75, 3.05) is 5.32 Å². The molecule has 0 saturated heterocycles. The molecule has 0 fully saturated rings. The Morgan fingerprint density at radius 3 is 2.67 bits per heavy atom. The zero-order chi connectivity index (χ0) is 14.7. The predicted octanol–water partition coefficient (Wildman–Crippen LogP) is 2.27. The number of nitrogens with one attached hydrogen (secondary N) is 1. The minimum absolute atomic E-state index is 0.172. The van der Waals surface area contributed by atoms with E-state index in [1.54, 1.807) is 29.1 Å². The van der Waals surface area contributed by atoms with Gasteiger partial charge in [-0.05, 0) is 30.3 Å². The molecule has 21 heavy (non-hydrogen) atoms. The van der Waals surface area contributed by atoms with Gasteiger partial charge in [0.1, 0.15) is 17.5 Å². The lowest BCUT2D eigenvalue weighted by atomic mass is 10.2. The van der Waals surface area contributed by atoms with Gasteiger partial charge in [-0.2, -0.15) is 10.1 Å². The highest BCUT2D eigenvalue weighted by Gasteiger charge is 2.07. The summed E-state index contributed by atoms with van der Waals surface area (Å²) in [4.78, 5) is 12.9. The van der Waals surface area contributed by atoms with E-state index in [0.717, 1.165) is 11.2 Å². The standard InChI is InChI=1S/C15H11N5O/c16-9-8-15(21)17-11-6-7-13-14(10-11)19-20(18-13)12-4-2-1-3-5-12/h1-7,10H,8H2,(H,17,21). The Hall–Kier alpha value is -3.20. The maximum Gasteiger partial charge on any atom is 0.238 e. The van der Waals surface area contributed by atoms with Crippen LogP contribution in [0, 0.1) is 11.3 Å². The van der Waals surface area contributed by atoms with Crippen LogP contribution < -0.4 is 5.32 Å². The summed E-state index contributed by atoms with van der Waals surface area (Å²) in [6.45, 7) is 0. The summed E-state index contributed by atoms with van der Waals surface area (Å²) in [5.74, 6) is -0.340. The SMILES string of the molecule is N#CCC(=O)Nc1ccc2nn(-c3ccccc3)nc2c1. The molecule has 1 N–H and O–H groups in total. The molecule has 0 spiro atoms. The van der Waals surface area contributed by atoms with Gasteiger partial charge in [0.25, 0.3) is 0 Å². The predicted molar refractivity (Wildman–Crippen MR) is 77.7 cm³/mol. The first-order valence-corrected chi connectivity index (χ1v) is 6.35. The van der Waals surface area contributed by atoms with Crippen LogP contribution in [-0.2, 0) is 4.79 Å². The van der Waals surface area contributed by atoms with E-state index in [1.807, 2.05) is 30.3 Å². The second-order valence-corrected chi connectivity index (χ2v) is 4.41. The van der Waals surface area contributed by atoms with Gasteiger partial charge in [-0.1, -0.05) is 18.2 Å². The van der Waals surface area contributed by atoms with Crippen LogP contribution in [0.25, 0.3) is 16.7 Å². The maximum atomic E-state index is 11.4. The number of rotatable bonds is 3. The molecule has 6 nitrogen and oxygen atoms in total. The molecule has 3 aromatic rings. The van der Waals surface area contributed by atoms with E-state index < -0.39 is 0 Å². The third-order valence-corrected chi connectivity index (χ3v) is 2.89. The molecule has 6 heteroatoms. The van der Waals surface area contributed by atoms with E-state index in [9.17, 15) is 4.79 Å². The number of aromatic nitrogens is 3. The van der Waals surface area contributed by atoms with Crippen LogP contribution in [0.2, 0.25) is 0 Å². The zero-order valence-corrected chi connectivity index (χ0v) is 11.0. The number of benzene rings is 2. The smallest absolute Gasteiger partial charge is 0.238 e. The molecule has 3 rings (SSSR count). The van der Waals surface area contributed by atoms with Crippen LogP contribution in [0.15, 0.2) is 48.5 Å². The van der Waals surface area contributed by atoms with E-state index in [4.69, 9.17) is 5.26 Å². The molecule has 0 saturated carbocycles. The van der Waals surface area contributed by atoms with E-state index in [-0.39, 0.29) is 12.3 Å². The third-order valence-electron chi connectivity index (χ3n) is 2.89. The average molecular weight is 277 g/mol. The highest BCUT2D eigenvalue weighted by molar-refractivity contribution is 5.93. The Bertz CT molecular complexity index is 832. The fraction of sp³-hybridized carbons (Fsp3) is 0.0667. The van der Waals surface area contributed by atoms with Crippen molar-refractivity contribution in [1.82, 2.24) is 15.0 Å². The fourth-order valence-corrected chi connectivity index (χ4v) is 1.95. The van der Waals surface area contributed by atoms with E-state index >= 15 is 0 Å². The number of carbonyl (C=O) groups is 1. The van der Waals surface area contributed by atoms with Crippen molar-refractivity contribution in [2.45, 2.75) is 6.42 Å². The van der Waals surface area contributed by atoms with Crippen LogP contribution in [-0.4, -0.2) is 20.9 Å². The Morgan fingerprint density at radius 2 is 1.90 bits per heavy atom. The number of anilines is 1. The van der Waals surface area contributed by atoms with Crippen molar-refractivity contribution in [3.05, 3.63) is 48.5 Å². The van der Waals surface area contributed by atoms with Gasteiger partial charge in [0, 0.05) is 5.69 Å². The van der Waals surface area contributed by atoms with Crippen molar-refractivity contribution in [1.29, 1.82) is 5.26 Å². The van der Waals surface area contributed by atoms with Gasteiger partial charge in [-0.25, -0.2) is 0 Å². The minimum Gasteiger partial charge on any atom is -0.325 e. The lowest BCUT2D eigenvalue weighted by Gasteiger charge is -2.00. The lowest BCUT2D eigenvalue weighted by Crippen LogP contribution is -2.09. The van der Waals surface area contributed by atoms with Gasteiger partial charge in [0.05, 0.1) is 11.8 Å². The second-order valence-electron chi connectivity index (χ2n) is 4.41. The molecular formula is C15H11N5O. The van der Waals surface area contributed by atoms with E-state index in [2.05, 4.69) is 15.5 Å². The summed E-state index contributed by atoms with van der Waals surface area (Å²) in [5, 5.41) is 19.9. The van der Waals surface area contributed by atoms with Crippen LogP contribution >= 0.6 is 0 Å². The average Bonchev–Trinajstić information content (AvgIpc) is 2.91. The maximum absolute atomic E-state index is 11.4. The summed E-state index contributed by atoms with van der Waals surface area (Å²) in [5.41, 5.74) is 2.87. The van der Waals surface area contributed by atoms with Crippen molar-refractivity contribution in [2.24, 2.45) is 0 Å². The molecule has 1 heterocycles. The van der Waals surface area contributed by atoms with Crippen molar-refractivity contribution in [3.63, 3.8) is 0 Å². The van der Waals surface area contributed by atoms with Gasteiger partial charge in [-0.3, -0.25) is 4.79 Å². The number of carbonyl (C=O) groups excluding carboxylic acids is 1. The summed E-state index contributed by atoms with van der Waals surface area (Å²) in [6.07, 6.45) is -0.172. The van der Waals surface area contributed by atoms with Crippen LogP contribution in [0.1, 0.15) is 6.42 Å². The normalized spacial score (nSPS) is 10.2. The monoisotopic (exact) mass is 277 g/mol. The lowest BCUT2D eigenvalue weighted by molar-refractivity contribution is -0.115. The highest BCUT2D eigenvalue weighted by Crippen LogP contribution is 2.17. The summed E-state index contributed by atoms with van der Waals surface area (Å²) in [6, 6.07) is 16.6. The molecule has 1 aromatic heterocycles. The molecule has 0 aliphatic carbocycles. The minimum atomic E-state index is -0.340. The van der Waals surface area contributed by atoms with Crippen molar-refractivity contribution < 1.29 is 4.79 Å². The Balaban J connectivity index is 1.92. The van der Waals surface area contributed by atoms with Gasteiger partial charge >= 0.3 is 0 Å². The molecule has 0 radical (unpaired) electrons. The number of hydrogen-bond acceptors (Lipinski definition) is 4. The molecule has 0 bridgehead atoms. The molecule has 102 valence electrons. The molecule has 0 unspecified atom stereocenters. The van der Waals surface area contributed by atoms with Gasteiger partial charge in [0.15, 0.2) is 0 Å². The summed E-state index contributed by atoms with van der Waals surface area (Å²) >= 11 is 0. The first-order valence-electron chi connectivity index (χ1n) is 6.35. The van der Waals surface area contributed by atoms with Crippen LogP contribution in [0.5, 0.6) is 0 Å². The molecule has 0 aliphatic rings. The van der Waals surface area contributed by atoms with E-state index in [1.165, 1.54) is 0 Å². The van der Waals surface area contributed by atoms with Crippen molar-refractivity contribution in [3.8, 4) is 11.8 Å². The third kappa shape index (κ3) is 2.72. The number of para-hydroxylation sites is 1. The molecule has 0 atom stereocenters. The zero-order valence-electron chi connectivity index (χ0n) is 11.0. The molecule has 2 aromatic carbocycles. The van der Waals surface area contributed by atoms with Gasteiger partial charge < -0.3 is 5.32 Å². The topological polar surface area (TPSA) is 83.6 Å². The Kier molecular flexibility index (Phi) is 3.31. The van der Waals surface area contributed by atoms with Gasteiger partial charge in [0.2, 0.25) is 5.91 Å². The number of nitrogens with zero attached hydrogens (tertiary/aromatic N) is 4. The number of fused-ring (bicyclic) bond motifs is 1. The molecule has 0 aliphatic heterocycles. The first kappa shape index (κ1) is 12.8. The number of amides is 1. The largest absolute Gasteiger partial charge is 0.325 e. The number of nitriles is 1. The van der Waals surface area contributed by atoms with Crippen molar-refractivity contribution >= 4 is 22.6 Å². The van der Waals surface area contributed by atoms with Gasteiger partial charge in [-0.15, -0.1) is 10.2 Å². The molecule has 1 amide bonds. The van der Waals surface area contributed by atoms with Crippen LogP contribution in [0.4, 0.5) is 5.69 Å². The van der Waals surface area contributed by atoms with E-state index in [0.29, 0.717) is 11.2 Å². The fourth-order valence-electron chi connectivity index (χ4n) is 1.95. The Labute approximate surface area is 120 Å². The second kappa shape index (κ2) is 5.43. The summed E-state index contributed by atoms with van der Waals surface area (Å²) in [7, 11) is 0. The first-order chi connectivity index (χ1) is 10.3. The Morgan fingerprint density at radius 1 is 1.14 bits per heavy atom.